The fraction of sp³-hybridized carbons (Fsp3) is 0.136. The highest BCUT2D eigenvalue weighted by molar-refractivity contribution is 7.92. The van der Waals surface area contributed by atoms with Gasteiger partial charge in [0, 0.05) is 10.6 Å². The van der Waals surface area contributed by atoms with E-state index in [0.717, 1.165) is 10.6 Å². The average Bonchev–Trinajstić information content (AvgIpc) is 2.74. The molecule has 0 saturated heterocycles. The Morgan fingerprint density at radius 2 is 1.72 bits per heavy atom. The highest BCUT2D eigenvalue weighted by atomic mass is 35.5. The van der Waals surface area contributed by atoms with E-state index in [1.165, 1.54) is 7.11 Å². The van der Waals surface area contributed by atoms with Crippen LogP contribution in [0, 0.1) is 0 Å². The second-order valence-corrected chi connectivity index (χ2v) is 9.97. The lowest BCUT2D eigenvalue weighted by molar-refractivity contribution is 0.102. The summed E-state index contributed by atoms with van der Waals surface area (Å²) in [5.41, 5.74) is 1.75. The molecule has 10 heteroatoms. The minimum Gasteiger partial charge on any atom is -0.495 e. The quantitative estimate of drug-likeness (QED) is 0.428. The minimum absolute atomic E-state index is 0.0168. The van der Waals surface area contributed by atoms with Crippen LogP contribution in [0.4, 0.5) is 11.4 Å². The van der Waals surface area contributed by atoms with Gasteiger partial charge in [-0.2, -0.15) is 0 Å². The predicted octanol–water partition coefficient (Wildman–Crippen LogP) is 5.87. The number of rotatable bonds is 7. The molecule has 6 nitrogen and oxygen atoms in total. The Kier molecular flexibility index (Phi) is 7.56. The third kappa shape index (κ3) is 5.66. The zero-order valence-corrected chi connectivity index (χ0v) is 20.2. The maximum atomic E-state index is 12.6. The van der Waals surface area contributed by atoms with Gasteiger partial charge in [-0.15, -0.1) is 0 Å². The molecule has 3 aromatic rings. The first-order valence-corrected chi connectivity index (χ1v) is 12.2. The van der Waals surface area contributed by atoms with E-state index in [4.69, 9.17) is 39.5 Å². The van der Waals surface area contributed by atoms with Crippen LogP contribution < -0.4 is 14.4 Å². The molecule has 0 fully saturated rings. The van der Waals surface area contributed by atoms with Gasteiger partial charge in [0.1, 0.15) is 5.75 Å². The van der Waals surface area contributed by atoms with Crippen LogP contribution in [0.1, 0.15) is 15.9 Å². The van der Waals surface area contributed by atoms with E-state index in [9.17, 15) is 13.2 Å². The van der Waals surface area contributed by atoms with Gasteiger partial charge in [0.2, 0.25) is 10.0 Å². The molecule has 0 unspecified atom stereocenters. The zero-order chi connectivity index (χ0) is 23.5. The van der Waals surface area contributed by atoms with Crippen molar-refractivity contribution in [3.8, 4) is 5.75 Å². The van der Waals surface area contributed by atoms with Crippen LogP contribution in [0.2, 0.25) is 15.1 Å². The number of nitrogens with one attached hydrogen (secondary N) is 1. The molecule has 32 heavy (non-hydrogen) atoms. The van der Waals surface area contributed by atoms with Crippen molar-refractivity contribution in [1.29, 1.82) is 0 Å². The number of sulfonamides is 1. The van der Waals surface area contributed by atoms with Gasteiger partial charge in [0.05, 0.1) is 41.3 Å². The molecular formula is C22H19Cl3N2O4S. The number of amides is 1. The van der Waals surface area contributed by atoms with Crippen LogP contribution in [0.15, 0.2) is 60.7 Å². The number of ether oxygens (including phenoxy) is 1. The predicted molar refractivity (Wildman–Crippen MR) is 130 cm³/mol. The van der Waals surface area contributed by atoms with Gasteiger partial charge in [0.25, 0.3) is 5.91 Å². The SMILES string of the molecule is COc1ccc(Cl)cc1NC(=O)c1ccc(CN(c2cccc(Cl)c2Cl)S(C)(=O)=O)cc1. The van der Waals surface area contributed by atoms with Gasteiger partial charge >= 0.3 is 0 Å². The van der Waals surface area contributed by atoms with E-state index in [2.05, 4.69) is 5.32 Å². The van der Waals surface area contributed by atoms with Crippen molar-refractivity contribution in [2.45, 2.75) is 6.54 Å². The summed E-state index contributed by atoms with van der Waals surface area (Å²) in [6.45, 7) is 0.0168. The Hall–Kier alpha value is -2.45. The maximum Gasteiger partial charge on any atom is 0.255 e. The van der Waals surface area contributed by atoms with Gasteiger partial charge < -0.3 is 10.1 Å². The Bertz CT molecular complexity index is 1250. The van der Waals surface area contributed by atoms with Gasteiger partial charge in [0.15, 0.2) is 0 Å². The van der Waals surface area contributed by atoms with Crippen LogP contribution in [0.25, 0.3) is 0 Å². The van der Waals surface area contributed by atoms with Crippen LogP contribution in [0.5, 0.6) is 5.75 Å². The van der Waals surface area contributed by atoms with Gasteiger partial charge in [-0.05, 0) is 48.0 Å². The van der Waals surface area contributed by atoms with Crippen molar-refractivity contribution in [2.75, 3.05) is 23.0 Å². The topological polar surface area (TPSA) is 75.7 Å². The highest BCUT2D eigenvalue weighted by Gasteiger charge is 2.22. The van der Waals surface area contributed by atoms with Crippen molar-refractivity contribution >= 4 is 62.1 Å². The Labute approximate surface area is 201 Å². The maximum absolute atomic E-state index is 12.6. The summed E-state index contributed by atoms with van der Waals surface area (Å²) in [4.78, 5) is 12.6. The van der Waals surface area contributed by atoms with Crippen LogP contribution in [-0.2, 0) is 16.6 Å². The summed E-state index contributed by atoms with van der Waals surface area (Å²) in [7, 11) is -2.16. The van der Waals surface area contributed by atoms with E-state index in [1.54, 1.807) is 60.7 Å². The number of hydrogen-bond donors (Lipinski definition) is 1. The standard InChI is InChI=1S/C22H19Cl3N2O4S/c1-31-20-11-10-16(23)12-18(20)26-22(28)15-8-6-14(7-9-15)13-27(32(2,29)30)19-5-3-4-17(24)21(19)25/h3-12H,13H2,1-2H3,(H,26,28). The molecule has 3 aromatic carbocycles. The lowest BCUT2D eigenvalue weighted by Crippen LogP contribution is -2.29. The molecular weight excluding hydrogens is 495 g/mol. The first-order chi connectivity index (χ1) is 15.1. The molecule has 168 valence electrons. The second-order valence-electron chi connectivity index (χ2n) is 6.84. The molecule has 3 rings (SSSR count). The van der Waals surface area contributed by atoms with Crippen LogP contribution >= 0.6 is 34.8 Å². The third-order valence-electron chi connectivity index (χ3n) is 4.55. The molecule has 0 aliphatic rings. The summed E-state index contributed by atoms with van der Waals surface area (Å²) in [6.07, 6.45) is 1.09. The van der Waals surface area contributed by atoms with Crippen LogP contribution in [-0.4, -0.2) is 27.7 Å². The first kappa shape index (κ1) is 24.2. The smallest absolute Gasteiger partial charge is 0.255 e. The number of halogens is 3. The summed E-state index contributed by atoms with van der Waals surface area (Å²) >= 11 is 18.3. The summed E-state index contributed by atoms with van der Waals surface area (Å²) in [5, 5.41) is 3.61. The molecule has 0 aliphatic heterocycles. The zero-order valence-electron chi connectivity index (χ0n) is 17.1. The fourth-order valence-corrected chi connectivity index (χ4v) is 4.48. The highest BCUT2D eigenvalue weighted by Crippen LogP contribution is 2.34. The molecule has 1 N–H and O–H groups in total. The normalized spacial score (nSPS) is 11.2. The number of nitrogens with zero attached hydrogens (tertiary/aromatic N) is 1. The summed E-state index contributed by atoms with van der Waals surface area (Å²) in [6, 6.07) is 16.2. The molecule has 0 atom stereocenters. The fourth-order valence-electron chi connectivity index (χ4n) is 2.97. The van der Waals surface area contributed by atoms with E-state index in [1.807, 2.05) is 0 Å². The average molecular weight is 514 g/mol. The number of carbonyl (C=O) groups is 1. The monoisotopic (exact) mass is 512 g/mol. The first-order valence-electron chi connectivity index (χ1n) is 9.25. The Balaban J connectivity index is 1.82. The minimum atomic E-state index is -3.65. The summed E-state index contributed by atoms with van der Waals surface area (Å²) < 4.78 is 31.2. The van der Waals surface area contributed by atoms with Crippen LogP contribution in [0.3, 0.4) is 0 Å². The van der Waals surface area contributed by atoms with E-state index < -0.39 is 10.0 Å². The number of carbonyl (C=O) groups excluding carboxylic acids is 1. The van der Waals surface area contributed by atoms with Crippen molar-refractivity contribution in [3.05, 3.63) is 86.9 Å². The third-order valence-corrected chi connectivity index (χ3v) is 6.72. The van der Waals surface area contributed by atoms with E-state index in [-0.39, 0.29) is 28.2 Å². The number of benzene rings is 3. The largest absolute Gasteiger partial charge is 0.495 e. The summed E-state index contributed by atoms with van der Waals surface area (Å²) in [5.74, 6) is 0.108. The lowest BCUT2D eigenvalue weighted by Gasteiger charge is -2.24. The molecule has 0 radical (unpaired) electrons. The number of methoxy groups -OCH3 is 1. The Morgan fingerprint density at radius 3 is 2.34 bits per heavy atom. The number of anilines is 2. The lowest BCUT2D eigenvalue weighted by atomic mass is 10.1. The van der Waals surface area contributed by atoms with Crippen molar-refractivity contribution in [3.63, 3.8) is 0 Å². The molecule has 0 saturated carbocycles. The molecule has 0 aromatic heterocycles. The molecule has 1 amide bonds. The van der Waals surface area contributed by atoms with Crippen molar-refractivity contribution in [1.82, 2.24) is 0 Å². The second kappa shape index (κ2) is 10.0. The molecule has 0 bridgehead atoms. The van der Waals surface area contributed by atoms with E-state index in [0.29, 0.717) is 27.6 Å². The molecule has 0 heterocycles. The van der Waals surface area contributed by atoms with Crippen molar-refractivity contribution < 1.29 is 17.9 Å². The van der Waals surface area contributed by atoms with Gasteiger partial charge in [-0.3, -0.25) is 9.10 Å². The van der Waals surface area contributed by atoms with Gasteiger partial charge in [-0.1, -0.05) is 53.0 Å². The Morgan fingerprint density at radius 1 is 1.03 bits per heavy atom. The number of hydrogen-bond acceptors (Lipinski definition) is 4. The van der Waals surface area contributed by atoms with Crippen molar-refractivity contribution in [2.24, 2.45) is 0 Å². The molecule has 0 spiro atoms. The van der Waals surface area contributed by atoms with Gasteiger partial charge in [-0.25, -0.2) is 8.42 Å². The molecule has 0 aliphatic carbocycles. The van der Waals surface area contributed by atoms with E-state index >= 15 is 0 Å².